The molecule has 1 rings (SSSR count). The first-order chi connectivity index (χ1) is 7.79. The predicted octanol–water partition coefficient (Wildman–Crippen LogP) is 3.65. The van der Waals surface area contributed by atoms with Gasteiger partial charge in [-0.3, -0.25) is 4.79 Å². The van der Waals surface area contributed by atoms with E-state index in [1.807, 2.05) is 0 Å². The Morgan fingerprint density at radius 2 is 2.06 bits per heavy atom. The Labute approximate surface area is 106 Å². The third-order valence-corrected chi connectivity index (χ3v) is 2.57. The van der Waals surface area contributed by atoms with E-state index in [1.54, 1.807) is 0 Å². The molecule has 0 aliphatic carbocycles. The Morgan fingerprint density at radius 3 is 2.65 bits per heavy atom. The van der Waals surface area contributed by atoms with Gasteiger partial charge in [-0.15, -0.1) is 0 Å². The molecule has 1 amide bonds. The Bertz CT molecular complexity index is 412. The predicted molar refractivity (Wildman–Crippen MR) is 67.8 cm³/mol. The maximum absolute atomic E-state index is 13.4. The van der Waals surface area contributed by atoms with Gasteiger partial charge in [0.25, 0.3) is 5.91 Å². The highest BCUT2D eigenvalue weighted by Gasteiger charge is 2.14. The largest absolute Gasteiger partial charge is 0.352 e. The molecule has 0 saturated carbocycles. The van der Waals surface area contributed by atoms with Gasteiger partial charge < -0.3 is 5.32 Å². The normalized spacial score (nSPS) is 11.4. The molecule has 0 atom stereocenters. The molecule has 94 valence electrons. The van der Waals surface area contributed by atoms with Crippen molar-refractivity contribution in [3.8, 4) is 0 Å². The van der Waals surface area contributed by atoms with Gasteiger partial charge in [-0.05, 0) is 30.0 Å². The van der Waals surface area contributed by atoms with E-state index in [4.69, 9.17) is 11.6 Å². The Kier molecular flexibility index (Phi) is 4.52. The summed E-state index contributed by atoms with van der Waals surface area (Å²) in [7, 11) is 0. The summed E-state index contributed by atoms with van der Waals surface area (Å²) in [4.78, 5) is 11.7. The van der Waals surface area contributed by atoms with Gasteiger partial charge in [0.15, 0.2) is 0 Å². The smallest absolute Gasteiger partial charge is 0.254 e. The van der Waals surface area contributed by atoms with Gasteiger partial charge in [-0.25, -0.2) is 4.39 Å². The first-order valence-corrected chi connectivity index (χ1v) is 5.91. The van der Waals surface area contributed by atoms with E-state index < -0.39 is 11.7 Å². The molecule has 4 heteroatoms. The lowest BCUT2D eigenvalue weighted by Crippen LogP contribution is -2.27. The number of carbonyl (C=O) groups is 1. The minimum atomic E-state index is -0.553. The lowest BCUT2D eigenvalue weighted by Gasteiger charge is -2.18. The van der Waals surface area contributed by atoms with Crippen LogP contribution in [-0.4, -0.2) is 12.5 Å². The van der Waals surface area contributed by atoms with Crippen molar-refractivity contribution in [2.24, 2.45) is 5.41 Å². The summed E-state index contributed by atoms with van der Waals surface area (Å²) in [5, 5.41) is 3.04. The standard InChI is InChI=1S/C13H17ClFNO/c1-13(2,3)6-7-16-12(17)10-8-9(14)4-5-11(10)15/h4-5,8H,6-7H2,1-3H3,(H,16,17). The molecular weight excluding hydrogens is 241 g/mol. The van der Waals surface area contributed by atoms with E-state index in [9.17, 15) is 9.18 Å². The fraction of sp³-hybridized carbons (Fsp3) is 0.462. The summed E-state index contributed by atoms with van der Waals surface area (Å²) >= 11 is 5.72. The molecule has 0 aliphatic rings. The van der Waals surface area contributed by atoms with Crippen molar-refractivity contribution in [3.05, 3.63) is 34.6 Å². The monoisotopic (exact) mass is 257 g/mol. The molecule has 1 N–H and O–H groups in total. The van der Waals surface area contributed by atoms with Crippen molar-refractivity contribution in [2.45, 2.75) is 27.2 Å². The SMILES string of the molecule is CC(C)(C)CCNC(=O)c1cc(Cl)ccc1F. The van der Waals surface area contributed by atoms with E-state index in [0.717, 1.165) is 6.42 Å². The van der Waals surface area contributed by atoms with Gasteiger partial charge in [-0.2, -0.15) is 0 Å². The summed E-state index contributed by atoms with van der Waals surface area (Å²) in [5.74, 6) is -0.975. The summed E-state index contributed by atoms with van der Waals surface area (Å²) in [5.41, 5.74) is 0.131. The molecule has 0 saturated heterocycles. The quantitative estimate of drug-likeness (QED) is 0.880. The van der Waals surface area contributed by atoms with E-state index >= 15 is 0 Å². The average molecular weight is 258 g/mol. The molecular formula is C13H17ClFNO. The summed E-state index contributed by atoms with van der Waals surface area (Å²) in [6.07, 6.45) is 0.834. The topological polar surface area (TPSA) is 29.1 Å². The molecule has 1 aromatic rings. The van der Waals surface area contributed by atoms with Crippen molar-refractivity contribution >= 4 is 17.5 Å². The van der Waals surface area contributed by atoms with Crippen LogP contribution in [0, 0.1) is 11.2 Å². The van der Waals surface area contributed by atoms with Gasteiger partial charge in [-0.1, -0.05) is 32.4 Å². The second kappa shape index (κ2) is 5.50. The highest BCUT2D eigenvalue weighted by Crippen LogP contribution is 2.18. The van der Waals surface area contributed by atoms with Crippen LogP contribution in [0.25, 0.3) is 0 Å². The summed E-state index contributed by atoms with van der Waals surface area (Å²) < 4.78 is 13.4. The van der Waals surface area contributed by atoms with E-state index in [1.165, 1.54) is 18.2 Å². The molecule has 0 fully saturated rings. The average Bonchev–Trinajstić information content (AvgIpc) is 2.19. The van der Waals surface area contributed by atoms with Gasteiger partial charge in [0, 0.05) is 11.6 Å². The number of halogens is 2. The molecule has 0 heterocycles. The van der Waals surface area contributed by atoms with Gasteiger partial charge in [0.05, 0.1) is 5.56 Å². The van der Waals surface area contributed by atoms with Gasteiger partial charge in [0.1, 0.15) is 5.82 Å². The van der Waals surface area contributed by atoms with Crippen molar-refractivity contribution < 1.29 is 9.18 Å². The second-order valence-electron chi connectivity index (χ2n) is 5.19. The lowest BCUT2D eigenvalue weighted by atomic mass is 9.92. The van der Waals surface area contributed by atoms with Crippen molar-refractivity contribution in [2.75, 3.05) is 6.54 Å². The molecule has 0 aliphatic heterocycles. The molecule has 0 aromatic heterocycles. The molecule has 0 radical (unpaired) electrons. The molecule has 0 unspecified atom stereocenters. The number of hydrogen-bond acceptors (Lipinski definition) is 1. The van der Waals surface area contributed by atoms with Crippen molar-refractivity contribution in [3.63, 3.8) is 0 Å². The third-order valence-electron chi connectivity index (χ3n) is 2.33. The summed E-state index contributed by atoms with van der Waals surface area (Å²) in [6, 6.07) is 3.95. The van der Waals surface area contributed by atoms with Gasteiger partial charge in [0.2, 0.25) is 0 Å². The number of amides is 1. The Morgan fingerprint density at radius 1 is 1.41 bits per heavy atom. The van der Waals surface area contributed by atoms with Gasteiger partial charge >= 0.3 is 0 Å². The minimum Gasteiger partial charge on any atom is -0.352 e. The highest BCUT2D eigenvalue weighted by atomic mass is 35.5. The minimum absolute atomic E-state index is 0.00795. The van der Waals surface area contributed by atoms with Crippen LogP contribution in [-0.2, 0) is 0 Å². The molecule has 1 aromatic carbocycles. The first-order valence-electron chi connectivity index (χ1n) is 5.53. The number of rotatable bonds is 3. The zero-order valence-electron chi connectivity index (χ0n) is 10.3. The number of nitrogens with one attached hydrogen (secondary N) is 1. The number of benzene rings is 1. The van der Waals surface area contributed by atoms with E-state index in [2.05, 4.69) is 26.1 Å². The van der Waals surface area contributed by atoms with Crippen LogP contribution in [0.4, 0.5) is 4.39 Å². The molecule has 2 nitrogen and oxygen atoms in total. The van der Waals surface area contributed by atoms with Crippen molar-refractivity contribution in [1.29, 1.82) is 0 Å². The van der Waals surface area contributed by atoms with Crippen LogP contribution in [0.5, 0.6) is 0 Å². The van der Waals surface area contributed by atoms with Crippen LogP contribution in [0.1, 0.15) is 37.6 Å². The Hall–Kier alpha value is -1.09. The molecule has 0 spiro atoms. The fourth-order valence-electron chi connectivity index (χ4n) is 1.32. The zero-order valence-corrected chi connectivity index (χ0v) is 11.1. The lowest BCUT2D eigenvalue weighted by molar-refractivity contribution is 0.0945. The van der Waals surface area contributed by atoms with Crippen LogP contribution < -0.4 is 5.32 Å². The van der Waals surface area contributed by atoms with E-state index in [0.29, 0.717) is 11.6 Å². The maximum Gasteiger partial charge on any atom is 0.254 e. The van der Waals surface area contributed by atoms with Crippen LogP contribution >= 0.6 is 11.6 Å². The van der Waals surface area contributed by atoms with E-state index in [-0.39, 0.29) is 11.0 Å². The van der Waals surface area contributed by atoms with Crippen LogP contribution in [0.3, 0.4) is 0 Å². The molecule has 0 bridgehead atoms. The second-order valence-corrected chi connectivity index (χ2v) is 5.63. The third kappa shape index (κ3) is 4.73. The number of hydrogen-bond donors (Lipinski definition) is 1. The first kappa shape index (κ1) is 14.0. The fourth-order valence-corrected chi connectivity index (χ4v) is 1.49. The molecule has 17 heavy (non-hydrogen) atoms. The van der Waals surface area contributed by atoms with Crippen LogP contribution in [0.2, 0.25) is 5.02 Å². The Balaban J connectivity index is 2.61. The zero-order chi connectivity index (χ0) is 13.1. The van der Waals surface area contributed by atoms with Crippen LogP contribution in [0.15, 0.2) is 18.2 Å². The van der Waals surface area contributed by atoms with Crippen molar-refractivity contribution in [1.82, 2.24) is 5.32 Å². The maximum atomic E-state index is 13.4. The highest BCUT2D eigenvalue weighted by molar-refractivity contribution is 6.30. The summed E-state index contributed by atoms with van der Waals surface area (Å²) in [6.45, 7) is 6.77. The number of carbonyl (C=O) groups excluding carboxylic acids is 1.